The summed E-state index contributed by atoms with van der Waals surface area (Å²) in [6.07, 6.45) is 2.68. The molecule has 0 saturated carbocycles. The fraction of sp³-hybridized carbons (Fsp3) is 1.00. The van der Waals surface area contributed by atoms with Gasteiger partial charge in [-0.2, -0.15) is 11.8 Å². The maximum atomic E-state index is 9.54. The Bertz CT molecular complexity index is 162. The number of hydrogen-bond acceptors (Lipinski definition) is 4. The van der Waals surface area contributed by atoms with Crippen LogP contribution >= 0.6 is 11.8 Å². The number of nitrogens with one attached hydrogen (secondary N) is 1. The fourth-order valence-electron chi connectivity index (χ4n) is 1.82. The average Bonchev–Trinajstić information content (AvgIpc) is 2.72. The lowest BCUT2D eigenvalue weighted by Gasteiger charge is -2.15. The topological polar surface area (TPSA) is 41.5 Å². The van der Waals surface area contributed by atoms with Crippen LogP contribution in [0.3, 0.4) is 0 Å². The summed E-state index contributed by atoms with van der Waals surface area (Å²) in [6, 6.07) is 0. The molecule has 2 N–H and O–H groups in total. The molecule has 0 radical (unpaired) electrons. The van der Waals surface area contributed by atoms with E-state index in [1.165, 1.54) is 12.8 Å². The van der Waals surface area contributed by atoms with Gasteiger partial charge in [-0.25, -0.2) is 0 Å². The van der Waals surface area contributed by atoms with Gasteiger partial charge in [0.15, 0.2) is 0 Å². The maximum absolute atomic E-state index is 9.54. The van der Waals surface area contributed by atoms with E-state index in [9.17, 15) is 5.11 Å². The Morgan fingerprint density at radius 1 is 1.46 bits per heavy atom. The Balaban J connectivity index is 1.66. The molecule has 76 valence electrons. The van der Waals surface area contributed by atoms with Gasteiger partial charge in [-0.3, -0.25) is 0 Å². The Hall–Kier alpha value is 0.230. The predicted octanol–water partition coefficient (Wildman–Crippen LogP) is 0.231. The highest BCUT2D eigenvalue weighted by atomic mass is 32.2. The summed E-state index contributed by atoms with van der Waals surface area (Å²) < 4.78 is 5.53. The molecule has 4 heteroatoms. The van der Waals surface area contributed by atoms with E-state index in [0.29, 0.717) is 11.4 Å². The monoisotopic (exact) mass is 203 g/mol. The number of hydrogen-bond donors (Lipinski definition) is 2. The lowest BCUT2D eigenvalue weighted by Crippen LogP contribution is -2.22. The molecule has 3 nitrogen and oxygen atoms in total. The van der Waals surface area contributed by atoms with E-state index in [2.05, 4.69) is 5.32 Å². The van der Waals surface area contributed by atoms with Crippen LogP contribution in [0.5, 0.6) is 0 Å². The van der Waals surface area contributed by atoms with E-state index in [1.807, 2.05) is 11.8 Å². The van der Waals surface area contributed by atoms with Crippen molar-refractivity contribution in [2.75, 3.05) is 25.4 Å². The van der Waals surface area contributed by atoms with E-state index >= 15 is 0 Å². The molecular formula is C9H17NO2S. The van der Waals surface area contributed by atoms with Crippen LogP contribution in [-0.2, 0) is 4.74 Å². The van der Waals surface area contributed by atoms with Crippen LogP contribution < -0.4 is 5.32 Å². The van der Waals surface area contributed by atoms with Gasteiger partial charge in [0, 0.05) is 30.7 Å². The first-order chi connectivity index (χ1) is 6.36. The third-order valence-corrected chi connectivity index (χ3v) is 4.12. The average molecular weight is 203 g/mol. The number of β-amino-alcohol motifs (C(OH)–C–C–N with tert-alkyl or cyclic N) is 1. The number of ether oxygens (including phenoxy) is 1. The molecule has 3 unspecified atom stereocenters. The van der Waals surface area contributed by atoms with Gasteiger partial charge in [-0.1, -0.05) is 0 Å². The third kappa shape index (κ3) is 2.59. The van der Waals surface area contributed by atoms with Crippen molar-refractivity contribution in [1.82, 2.24) is 5.32 Å². The highest BCUT2D eigenvalue weighted by Crippen LogP contribution is 2.23. The van der Waals surface area contributed by atoms with E-state index in [-0.39, 0.29) is 6.10 Å². The molecule has 0 aromatic carbocycles. The predicted molar refractivity (Wildman–Crippen MR) is 54.1 cm³/mol. The van der Waals surface area contributed by atoms with Gasteiger partial charge in [0.05, 0.1) is 12.2 Å². The number of thioether (sulfide) groups is 1. The molecule has 0 aromatic heterocycles. The molecule has 0 amide bonds. The van der Waals surface area contributed by atoms with Crippen LogP contribution in [0.4, 0.5) is 0 Å². The first kappa shape index (κ1) is 9.77. The maximum Gasteiger partial charge on any atom is 0.0795 e. The third-order valence-electron chi connectivity index (χ3n) is 2.65. The Kier molecular flexibility index (Phi) is 3.49. The molecule has 3 atom stereocenters. The van der Waals surface area contributed by atoms with Crippen LogP contribution in [0.1, 0.15) is 12.8 Å². The molecule has 2 aliphatic rings. The molecule has 13 heavy (non-hydrogen) atoms. The molecule has 0 aromatic rings. The minimum Gasteiger partial charge on any atom is -0.391 e. The summed E-state index contributed by atoms with van der Waals surface area (Å²) in [6.45, 7) is 2.62. The van der Waals surface area contributed by atoms with Gasteiger partial charge in [0.1, 0.15) is 0 Å². The van der Waals surface area contributed by atoms with E-state index in [0.717, 1.165) is 25.4 Å². The van der Waals surface area contributed by atoms with Crippen LogP contribution in [-0.4, -0.2) is 48.0 Å². The SMILES string of the molecule is OC1CNCC1SCC1CCCO1. The Labute approximate surface area is 83.2 Å². The molecule has 2 fully saturated rings. The van der Waals surface area contributed by atoms with Gasteiger partial charge in [0.25, 0.3) is 0 Å². The van der Waals surface area contributed by atoms with E-state index < -0.39 is 0 Å². The summed E-state index contributed by atoms with van der Waals surface area (Å²) in [5, 5.41) is 13.1. The van der Waals surface area contributed by atoms with Crippen LogP contribution in [0.15, 0.2) is 0 Å². The second kappa shape index (κ2) is 4.64. The van der Waals surface area contributed by atoms with Crippen molar-refractivity contribution < 1.29 is 9.84 Å². The molecular weight excluding hydrogens is 186 g/mol. The van der Waals surface area contributed by atoms with Crippen molar-refractivity contribution in [1.29, 1.82) is 0 Å². The van der Waals surface area contributed by atoms with Gasteiger partial charge < -0.3 is 15.2 Å². The Morgan fingerprint density at radius 2 is 2.38 bits per heavy atom. The lowest BCUT2D eigenvalue weighted by atomic mass is 10.3. The minimum absolute atomic E-state index is 0.161. The van der Waals surface area contributed by atoms with Crippen LogP contribution in [0.2, 0.25) is 0 Å². The van der Waals surface area contributed by atoms with Gasteiger partial charge in [0.2, 0.25) is 0 Å². The molecule has 0 aliphatic carbocycles. The standard InChI is InChI=1S/C9H17NO2S/c11-8-4-10-5-9(8)13-6-7-2-1-3-12-7/h7-11H,1-6H2. The van der Waals surface area contributed by atoms with Gasteiger partial charge >= 0.3 is 0 Å². The first-order valence-corrected chi connectivity index (χ1v) is 6.03. The highest BCUT2D eigenvalue weighted by Gasteiger charge is 2.26. The fourth-order valence-corrected chi connectivity index (χ4v) is 3.10. The first-order valence-electron chi connectivity index (χ1n) is 4.98. The number of rotatable bonds is 3. The summed E-state index contributed by atoms with van der Waals surface area (Å²) >= 11 is 1.85. The van der Waals surface area contributed by atoms with Crippen molar-refractivity contribution in [3.05, 3.63) is 0 Å². The smallest absolute Gasteiger partial charge is 0.0795 e. The largest absolute Gasteiger partial charge is 0.391 e. The summed E-state index contributed by atoms with van der Waals surface area (Å²) in [7, 11) is 0. The Morgan fingerprint density at radius 3 is 3.00 bits per heavy atom. The van der Waals surface area contributed by atoms with E-state index in [1.54, 1.807) is 0 Å². The van der Waals surface area contributed by atoms with Crippen molar-refractivity contribution in [3.63, 3.8) is 0 Å². The molecule has 2 aliphatic heterocycles. The lowest BCUT2D eigenvalue weighted by molar-refractivity contribution is 0.128. The number of aliphatic hydroxyl groups excluding tert-OH is 1. The van der Waals surface area contributed by atoms with Crippen LogP contribution in [0, 0.1) is 0 Å². The molecule has 2 rings (SSSR count). The van der Waals surface area contributed by atoms with Crippen molar-refractivity contribution >= 4 is 11.8 Å². The summed E-state index contributed by atoms with van der Waals surface area (Å²) in [5.74, 6) is 1.05. The zero-order chi connectivity index (χ0) is 9.10. The summed E-state index contributed by atoms with van der Waals surface area (Å²) in [5.41, 5.74) is 0. The minimum atomic E-state index is -0.161. The molecule has 0 spiro atoms. The normalized spacial score (nSPS) is 39.9. The van der Waals surface area contributed by atoms with Crippen molar-refractivity contribution in [2.45, 2.75) is 30.3 Å². The number of aliphatic hydroxyl groups is 1. The van der Waals surface area contributed by atoms with Crippen LogP contribution in [0.25, 0.3) is 0 Å². The van der Waals surface area contributed by atoms with Crippen molar-refractivity contribution in [2.24, 2.45) is 0 Å². The second-order valence-electron chi connectivity index (χ2n) is 3.73. The zero-order valence-corrected chi connectivity index (χ0v) is 8.55. The zero-order valence-electron chi connectivity index (χ0n) is 7.74. The van der Waals surface area contributed by atoms with E-state index in [4.69, 9.17) is 4.74 Å². The second-order valence-corrected chi connectivity index (χ2v) is 5.00. The van der Waals surface area contributed by atoms with Gasteiger partial charge in [-0.15, -0.1) is 0 Å². The quantitative estimate of drug-likeness (QED) is 0.689. The van der Waals surface area contributed by atoms with Crippen molar-refractivity contribution in [3.8, 4) is 0 Å². The molecule has 2 saturated heterocycles. The van der Waals surface area contributed by atoms with Gasteiger partial charge in [-0.05, 0) is 12.8 Å². The molecule has 0 bridgehead atoms. The highest BCUT2D eigenvalue weighted by molar-refractivity contribution is 8.00. The molecule has 2 heterocycles. The summed E-state index contributed by atoms with van der Waals surface area (Å²) in [4.78, 5) is 0.